The largest absolute Gasteiger partial charge is 0.454 e. The van der Waals surface area contributed by atoms with Gasteiger partial charge in [0, 0.05) is 48.5 Å². The first-order valence-electron chi connectivity index (χ1n) is 10.5. The van der Waals surface area contributed by atoms with Crippen molar-refractivity contribution in [2.45, 2.75) is 32.4 Å². The smallest absolute Gasteiger partial charge is 0.253 e. The van der Waals surface area contributed by atoms with Crippen LogP contribution in [0, 0.1) is 0 Å². The lowest BCUT2D eigenvalue weighted by molar-refractivity contribution is 0.0724. The van der Waals surface area contributed by atoms with Crippen molar-refractivity contribution in [2.24, 2.45) is 0 Å². The number of piperidine rings is 1. The fourth-order valence-electron chi connectivity index (χ4n) is 3.91. The third kappa shape index (κ3) is 5.65. The van der Waals surface area contributed by atoms with Gasteiger partial charge in [0.05, 0.1) is 6.26 Å². The fraction of sp³-hybridized carbons (Fsp3) is 0.409. The fourth-order valence-corrected chi connectivity index (χ4v) is 4.67. The third-order valence-electron chi connectivity index (χ3n) is 5.37. The maximum atomic E-state index is 13.0. The maximum absolute atomic E-state index is 13.0. The molecule has 0 saturated carbocycles. The molecule has 0 spiro atoms. The Hall–Kier alpha value is -2.49. The van der Waals surface area contributed by atoms with Crippen LogP contribution in [-0.2, 0) is 23.1 Å². The number of nitrogens with one attached hydrogen (secondary N) is 2. The molecule has 0 bridgehead atoms. The lowest BCUT2D eigenvalue weighted by Gasteiger charge is -2.27. The number of benzene rings is 2. The average molecular weight is 480 g/mol. The van der Waals surface area contributed by atoms with Gasteiger partial charge in [-0.1, -0.05) is 11.6 Å². The Labute approximate surface area is 192 Å². The topological polar surface area (TPSA) is 97.0 Å². The molecular formula is C22H26ClN3O5S. The quantitative estimate of drug-likeness (QED) is 0.632. The summed E-state index contributed by atoms with van der Waals surface area (Å²) >= 11 is 6.34. The Kier molecular flexibility index (Phi) is 6.78. The molecule has 1 saturated heterocycles. The molecule has 0 atom stereocenters. The minimum Gasteiger partial charge on any atom is -0.454 e. The number of carbonyl (C=O) groups is 1. The van der Waals surface area contributed by atoms with Crippen molar-refractivity contribution in [1.82, 2.24) is 10.2 Å². The van der Waals surface area contributed by atoms with Gasteiger partial charge in [-0.3, -0.25) is 9.52 Å². The van der Waals surface area contributed by atoms with Crippen molar-refractivity contribution in [3.63, 3.8) is 0 Å². The molecule has 1 fully saturated rings. The third-order valence-corrected chi connectivity index (χ3v) is 6.33. The van der Waals surface area contributed by atoms with Crippen molar-refractivity contribution < 1.29 is 22.7 Å². The molecule has 2 N–H and O–H groups in total. The first kappa shape index (κ1) is 22.7. The van der Waals surface area contributed by atoms with Gasteiger partial charge >= 0.3 is 0 Å². The van der Waals surface area contributed by atoms with E-state index < -0.39 is 10.0 Å². The number of amides is 1. The highest BCUT2D eigenvalue weighted by Crippen LogP contribution is 2.36. The predicted octanol–water partition coefficient (Wildman–Crippen LogP) is 3.36. The molecule has 0 unspecified atom stereocenters. The number of anilines is 1. The summed E-state index contributed by atoms with van der Waals surface area (Å²) in [6.45, 7) is 2.51. The standard InChI is InChI=1S/C22H26ClN3O5S/c1-32(28,29)25-18-8-15(7-16(9-18)22(27)26-5-3-2-4-6-26)12-24-13-17-10-20-21(11-19(17)23)31-14-30-20/h7-11,24-25H,2-6,12-14H2,1H3. The Morgan fingerprint density at radius 2 is 1.75 bits per heavy atom. The van der Waals surface area contributed by atoms with E-state index in [1.54, 1.807) is 24.3 Å². The van der Waals surface area contributed by atoms with Gasteiger partial charge in [-0.15, -0.1) is 0 Å². The molecule has 172 valence electrons. The minimum atomic E-state index is -3.47. The van der Waals surface area contributed by atoms with Gasteiger partial charge in [0.1, 0.15) is 0 Å². The monoisotopic (exact) mass is 479 g/mol. The maximum Gasteiger partial charge on any atom is 0.253 e. The van der Waals surface area contributed by atoms with Crippen LogP contribution >= 0.6 is 11.6 Å². The van der Waals surface area contributed by atoms with E-state index in [1.807, 2.05) is 11.0 Å². The molecule has 2 aliphatic heterocycles. The lowest BCUT2D eigenvalue weighted by atomic mass is 10.1. The molecule has 0 radical (unpaired) electrons. The van der Waals surface area contributed by atoms with Crippen molar-refractivity contribution in [3.8, 4) is 11.5 Å². The summed E-state index contributed by atoms with van der Waals surface area (Å²) in [5, 5.41) is 3.87. The molecule has 2 aliphatic rings. The number of likely N-dealkylation sites (tertiary alicyclic amines) is 1. The highest BCUT2D eigenvalue weighted by atomic mass is 35.5. The second kappa shape index (κ2) is 9.56. The molecule has 10 heteroatoms. The first-order chi connectivity index (χ1) is 15.3. The first-order valence-corrected chi connectivity index (χ1v) is 12.8. The Morgan fingerprint density at radius 1 is 1.03 bits per heavy atom. The van der Waals surface area contributed by atoms with Gasteiger partial charge in [-0.25, -0.2) is 8.42 Å². The van der Waals surface area contributed by atoms with E-state index in [1.165, 1.54) is 0 Å². The summed E-state index contributed by atoms with van der Waals surface area (Å²) < 4.78 is 36.8. The van der Waals surface area contributed by atoms with Crippen LogP contribution in [0.15, 0.2) is 30.3 Å². The predicted molar refractivity (Wildman–Crippen MR) is 123 cm³/mol. The molecule has 2 heterocycles. The van der Waals surface area contributed by atoms with Gasteiger partial charge < -0.3 is 19.7 Å². The molecule has 0 aromatic heterocycles. The Morgan fingerprint density at radius 3 is 2.47 bits per heavy atom. The number of hydrogen-bond acceptors (Lipinski definition) is 6. The summed E-state index contributed by atoms with van der Waals surface area (Å²) in [5.74, 6) is 1.20. The lowest BCUT2D eigenvalue weighted by Crippen LogP contribution is -2.35. The summed E-state index contributed by atoms with van der Waals surface area (Å²) in [6.07, 6.45) is 4.18. The van der Waals surface area contributed by atoms with Crippen LogP contribution in [0.25, 0.3) is 0 Å². The Bertz CT molecular complexity index is 1120. The van der Waals surface area contributed by atoms with E-state index in [9.17, 15) is 13.2 Å². The number of sulfonamides is 1. The number of nitrogens with zero attached hydrogens (tertiary/aromatic N) is 1. The highest BCUT2D eigenvalue weighted by molar-refractivity contribution is 7.92. The van der Waals surface area contributed by atoms with E-state index in [0.29, 0.717) is 40.9 Å². The number of halogens is 1. The highest BCUT2D eigenvalue weighted by Gasteiger charge is 2.20. The summed E-state index contributed by atoms with van der Waals surface area (Å²) in [4.78, 5) is 14.8. The van der Waals surface area contributed by atoms with Gasteiger partial charge in [0.2, 0.25) is 16.8 Å². The van der Waals surface area contributed by atoms with Crippen molar-refractivity contribution in [3.05, 3.63) is 52.0 Å². The van der Waals surface area contributed by atoms with E-state index in [0.717, 1.165) is 49.7 Å². The molecule has 4 rings (SSSR count). The number of ether oxygens (including phenoxy) is 2. The van der Waals surface area contributed by atoms with Crippen LogP contribution in [0.2, 0.25) is 5.02 Å². The zero-order valence-corrected chi connectivity index (χ0v) is 19.4. The van der Waals surface area contributed by atoms with Crippen molar-refractivity contribution >= 4 is 33.2 Å². The van der Waals surface area contributed by atoms with Gasteiger partial charge in [-0.05, 0) is 54.7 Å². The molecule has 1 amide bonds. The van der Waals surface area contributed by atoms with Gasteiger partial charge in [-0.2, -0.15) is 0 Å². The van der Waals surface area contributed by atoms with Crippen LogP contribution in [-0.4, -0.2) is 45.4 Å². The second-order valence-corrected chi connectivity index (χ2v) is 10.2. The summed E-state index contributed by atoms with van der Waals surface area (Å²) in [6, 6.07) is 8.69. The van der Waals surface area contributed by atoms with Crippen LogP contribution < -0.4 is 19.5 Å². The second-order valence-electron chi connectivity index (χ2n) is 8.05. The van der Waals surface area contributed by atoms with Crippen molar-refractivity contribution in [1.29, 1.82) is 0 Å². The Balaban J connectivity index is 1.50. The van der Waals surface area contributed by atoms with Crippen LogP contribution in [0.5, 0.6) is 11.5 Å². The number of carbonyl (C=O) groups excluding carboxylic acids is 1. The number of rotatable bonds is 7. The van der Waals surface area contributed by atoms with Gasteiger partial charge in [0.15, 0.2) is 11.5 Å². The number of fused-ring (bicyclic) bond motifs is 1. The summed E-state index contributed by atoms with van der Waals surface area (Å²) in [5.41, 5.74) is 2.48. The molecule has 2 aromatic rings. The van der Waals surface area contributed by atoms with Crippen LogP contribution in [0.3, 0.4) is 0 Å². The zero-order valence-electron chi connectivity index (χ0n) is 17.8. The molecule has 2 aromatic carbocycles. The SMILES string of the molecule is CS(=O)(=O)Nc1cc(CNCc2cc3c(cc2Cl)OCO3)cc(C(=O)N2CCCCC2)c1. The number of hydrogen-bond donors (Lipinski definition) is 2. The normalized spacial score (nSPS) is 15.6. The summed E-state index contributed by atoms with van der Waals surface area (Å²) in [7, 11) is -3.47. The van der Waals surface area contributed by atoms with Crippen LogP contribution in [0.1, 0.15) is 40.7 Å². The van der Waals surface area contributed by atoms with E-state index in [4.69, 9.17) is 21.1 Å². The minimum absolute atomic E-state index is 0.0816. The molecule has 32 heavy (non-hydrogen) atoms. The molecular weight excluding hydrogens is 454 g/mol. The average Bonchev–Trinajstić information content (AvgIpc) is 3.19. The van der Waals surface area contributed by atoms with Gasteiger partial charge in [0.25, 0.3) is 5.91 Å². The molecule has 0 aliphatic carbocycles. The molecule has 8 nitrogen and oxygen atoms in total. The zero-order chi connectivity index (χ0) is 22.7. The van der Waals surface area contributed by atoms with E-state index >= 15 is 0 Å². The van der Waals surface area contributed by atoms with E-state index in [-0.39, 0.29) is 12.7 Å². The van der Waals surface area contributed by atoms with E-state index in [2.05, 4.69) is 10.0 Å². The van der Waals surface area contributed by atoms with Crippen molar-refractivity contribution in [2.75, 3.05) is 30.9 Å². The van der Waals surface area contributed by atoms with Crippen LogP contribution in [0.4, 0.5) is 5.69 Å².